The van der Waals surface area contributed by atoms with Crippen LogP contribution < -0.4 is 5.30 Å². The highest BCUT2D eigenvalue weighted by Gasteiger charge is 1.90. The molecule has 0 saturated heterocycles. The average molecular weight is 136 g/mol. The minimum atomic E-state index is 1.07. The summed E-state index contributed by atoms with van der Waals surface area (Å²) in [5, 5.41) is 1.10. The first-order chi connectivity index (χ1) is 4.34. The predicted octanol–water partition coefficient (Wildman–Crippen LogP) is 2.28. The molecule has 1 heteroatoms. The van der Waals surface area contributed by atoms with Crippen LogP contribution in [0.5, 0.6) is 0 Å². The molecule has 0 unspecified atom stereocenters. The second kappa shape index (κ2) is 2.98. The van der Waals surface area contributed by atoms with Crippen LogP contribution in [-0.2, 0) is 6.42 Å². The molecule has 1 aromatic carbocycles. The third-order valence-corrected chi connectivity index (χ3v) is 1.81. The third kappa shape index (κ3) is 1.53. The molecule has 0 amide bonds. The lowest BCUT2D eigenvalue weighted by atomic mass is 10.2. The van der Waals surface area contributed by atoms with Crippen molar-refractivity contribution in [3.63, 3.8) is 0 Å². The molecule has 2 radical (unpaired) electrons. The van der Waals surface area contributed by atoms with E-state index in [1.807, 2.05) is 18.2 Å². The van der Waals surface area contributed by atoms with Gasteiger partial charge in [0.1, 0.15) is 0 Å². The quantitative estimate of drug-likeness (QED) is 0.519. The SMILES string of the molecule is CCc1ccccc1[P]. The Morgan fingerprint density at radius 1 is 1.33 bits per heavy atom. The van der Waals surface area contributed by atoms with E-state index in [9.17, 15) is 0 Å². The average Bonchev–Trinajstić information content (AvgIpc) is 1.89. The Bertz CT molecular complexity index is 194. The van der Waals surface area contributed by atoms with E-state index in [-0.39, 0.29) is 0 Å². The first-order valence-corrected chi connectivity index (χ1v) is 3.56. The summed E-state index contributed by atoms with van der Waals surface area (Å²) in [6, 6.07) is 8.16. The van der Waals surface area contributed by atoms with E-state index in [0.29, 0.717) is 0 Å². The molecule has 0 atom stereocenters. The largest absolute Gasteiger partial charge is 0.0619 e. The molecule has 1 rings (SSSR count). The Morgan fingerprint density at radius 3 is 2.44 bits per heavy atom. The van der Waals surface area contributed by atoms with Crippen molar-refractivity contribution < 1.29 is 0 Å². The Morgan fingerprint density at radius 2 is 2.00 bits per heavy atom. The van der Waals surface area contributed by atoms with Gasteiger partial charge in [-0.1, -0.05) is 31.2 Å². The molecule has 0 N–H and O–H groups in total. The van der Waals surface area contributed by atoms with Gasteiger partial charge in [0.2, 0.25) is 0 Å². The maximum absolute atomic E-state index is 4.28. The lowest BCUT2D eigenvalue weighted by Gasteiger charge is -1.97. The van der Waals surface area contributed by atoms with Crippen LogP contribution in [0.15, 0.2) is 24.3 Å². The van der Waals surface area contributed by atoms with Gasteiger partial charge in [-0.2, -0.15) is 0 Å². The molecule has 1 aromatic rings. The van der Waals surface area contributed by atoms with Crippen LogP contribution in [0.3, 0.4) is 0 Å². The number of benzene rings is 1. The normalized spacial score (nSPS) is 9.56. The Labute approximate surface area is 58.5 Å². The summed E-state index contributed by atoms with van der Waals surface area (Å²) in [6.07, 6.45) is 1.07. The summed E-state index contributed by atoms with van der Waals surface area (Å²) in [7, 11) is 4.28. The molecular weight excluding hydrogens is 127 g/mol. The summed E-state index contributed by atoms with van der Waals surface area (Å²) in [4.78, 5) is 0. The van der Waals surface area contributed by atoms with Crippen LogP contribution in [0.2, 0.25) is 0 Å². The molecule has 0 aliphatic carbocycles. The fourth-order valence-corrected chi connectivity index (χ4v) is 1.13. The fourth-order valence-electron chi connectivity index (χ4n) is 0.810. The van der Waals surface area contributed by atoms with E-state index in [0.717, 1.165) is 11.7 Å². The highest BCUT2D eigenvalue weighted by atomic mass is 31.0. The third-order valence-electron chi connectivity index (χ3n) is 1.37. The van der Waals surface area contributed by atoms with Crippen LogP contribution in [0.1, 0.15) is 12.5 Å². The first-order valence-electron chi connectivity index (χ1n) is 3.11. The molecule has 9 heavy (non-hydrogen) atoms. The van der Waals surface area contributed by atoms with E-state index in [1.54, 1.807) is 0 Å². The van der Waals surface area contributed by atoms with Crippen molar-refractivity contribution >= 4 is 14.5 Å². The minimum Gasteiger partial charge on any atom is -0.0619 e. The van der Waals surface area contributed by atoms with Crippen molar-refractivity contribution in [3.8, 4) is 0 Å². The molecular formula is C8H9P. The maximum Gasteiger partial charge on any atom is -0.00533 e. The van der Waals surface area contributed by atoms with Crippen LogP contribution in [0, 0.1) is 0 Å². The van der Waals surface area contributed by atoms with Gasteiger partial charge in [0.05, 0.1) is 0 Å². The maximum atomic E-state index is 4.28. The topological polar surface area (TPSA) is 0 Å². The summed E-state index contributed by atoms with van der Waals surface area (Å²) in [5.41, 5.74) is 1.32. The second-order valence-corrected chi connectivity index (χ2v) is 2.46. The lowest BCUT2D eigenvalue weighted by molar-refractivity contribution is 1.16. The van der Waals surface area contributed by atoms with Crippen molar-refractivity contribution in [2.75, 3.05) is 0 Å². The molecule has 0 aliphatic heterocycles. The van der Waals surface area contributed by atoms with E-state index in [2.05, 4.69) is 22.2 Å². The minimum absolute atomic E-state index is 1.07. The molecule has 0 nitrogen and oxygen atoms in total. The zero-order valence-corrected chi connectivity index (χ0v) is 6.36. The highest BCUT2D eigenvalue weighted by molar-refractivity contribution is 7.27. The Hall–Kier alpha value is -0.350. The second-order valence-electron chi connectivity index (χ2n) is 1.98. The van der Waals surface area contributed by atoms with Crippen molar-refractivity contribution in [1.29, 1.82) is 0 Å². The van der Waals surface area contributed by atoms with Gasteiger partial charge in [-0.15, -0.1) is 0 Å². The number of aryl methyl sites for hydroxylation is 1. The van der Waals surface area contributed by atoms with E-state index >= 15 is 0 Å². The molecule has 0 aromatic heterocycles. The van der Waals surface area contributed by atoms with Gasteiger partial charge < -0.3 is 0 Å². The van der Waals surface area contributed by atoms with E-state index in [1.165, 1.54) is 5.56 Å². The predicted molar refractivity (Wildman–Crippen MR) is 42.4 cm³/mol. The summed E-state index contributed by atoms with van der Waals surface area (Å²) in [6.45, 7) is 2.13. The smallest absolute Gasteiger partial charge is 0.00533 e. The van der Waals surface area contributed by atoms with Crippen LogP contribution in [-0.4, -0.2) is 0 Å². The monoisotopic (exact) mass is 136 g/mol. The van der Waals surface area contributed by atoms with E-state index in [4.69, 9.17) is 0 Å². The van der Waals surface area contributed by atoms with Gasteiger partial charge in [0, 0.05) is 0 Å². The number of hydrogen-bond donors (Lipinski definition) is 0. The summed E-state index contributed by atoms with van der Waals surface area (Å²) in [5.74, 6) is 0. The zero-order chi connectivity index (χ0) is 6.69. The van der Waals surface area contributed by atoms with Gasteiger partial charge in [-0.05, 0) is 26.5 Å². The van der Waals surface area contributed by atoms with Gasteiger partial charge in [-0.3, -0.25) is 0 Å². The number of hydrogen-bond acceptors (Lipinski definition) is 0. The summed E-state index contributed by atoms with van der Waals surface area (Å²) >= 11 is 0. The molecule has 0 fully saturated rings. The van der Waals surface area contributed by atoms with Gasteiger partial charge in [-0.25, -0.2) is 0 Å². The molecule has 0 bridgehead atoms. The first kappa shape index (κ1) is 6.77. The molecule has 0 saturated carbocycles. The zero-order valence-electron chi connectivity index (χ0n) is 5.46. The molecule has 0 aliphatic rings. The van der Waals surface area contributed by atoms with Crippen molar-refractivity contribution in [1.82, 2.24) is 0 Å². The Kier molecular flexibility index (Phi) is 2.24. The summed E-state index contributed by atoms with van der Waals surface area (Å²) < 4.78 is 0. The van der Waals surface area contributed by atoms with Crippen molar-refractivity contribution in [2.24, 2.45) is 0 Å². The van der Waals surface area contributed by atoms with Crippen LogP contribution in [0.4, 0.5) is 0 Å². The number of rotatable bonds is 1. The van der Waals surface area contributed by atoms with Crippen LogP contribution in [0.25, 0.3) is 0 Å². The molecule has 0 heterocycles. The Balaban J connectivity index is 3.01. The van der Waals surface area contributed by atoms with Gasteiger partial charge >= 0.3 is 0 Å². The van der Waals surface area contributed by atoms with E-state index < -0.39 is 0 Å². The van der Waals surface area contributed by atoms with Crippen molar-refractivity contribution in [3.05, 3.63) is 29.8 Å². The molecule has 46 valence electrons. The van der Waals surface area contributed by atoms with Gasteiger partial charge in [0.25, 0.3) is 0 Å². The van der Waals surface area contributed by atoms with Crippen molar-refractivity contribution in [2.45, 2.75) is 13.3 Å². The van der Waals surface area contributed by atoms with Crippen LogP contribution >= 0.6 is 9.24 Å². The standard InChI is InChI=1S/C8H9P/c1-2-7-5-3-4-6-8(7)9/h3-6H,2H2,1H3. The molecule has 0 spiro atoms. The highest BCUT2D eigenvalue weighted by Crippen LogP contribution is 1.99. The fraction of sp³-hybridized carbons (Fsp3) is 0.250. The lowest BCUT2D eigenvalue weighted by Crippen LogP contribution is -1.97. The van der Waals surface area contributed by atoms with Gasteiger partial charge in [0.15, 0.2) is 0 Å².